The summed E-state index contributed by atoms with van der Waals surface area (Å²) in [6.07, 6.45) is 7.29. The molecule has 28 heavy (non-hydrogen) atoms. The molecule has 1 aliphatic rings. The fourth-order valence-electron chi connectivity index (χ4n) is 4.41. The zero-order valence-electron chi connectivity index (χ0n) is 16.2. The highest BCUT2D eigenvalue weighted by atomic mass is 32.2. The summed E-state index contributed by atoms with van der Waals surface area (Å²) in [5, 5.41) is 5.73. The van der Waals surface area contributed by atoms with Crippen molar-refractivity contribution >= 4 is 22.7 Å². The second-order valence-electron chi connectivity index (χ2n) is 7.48. The summed E-state index contributed by atoms with van der Waals surface area (Å²) in [6, 6.07) is 18.0. The Morgan fingerprint density at radius 3 is 2.71 bits per heavy atom. The van der Waals surface area contributed by atoms with E-state index in [0.29, 0.717) is 0 Å². The highest BCUT2D eigenvalue weighted by Crippen LogP contribution is 2.39. The van der Waals surface area contributed by atoms with Gasteiger partial charge in [0.2, 0.25) is 0 Å². The van der Waals surface area contributed by atoms with Gasteiger partial charge in [-0.1, -0.05) is 30.3 Å². The number of nitrogens with one attached hydrogen (secondary N) is 1. The molecular formula is C23H24N4S. The van der Waals surface area contributed by atoms with Gasteiger partial charge in [-0.05, 0) is 42.0 Å². The van der Waals surface area contributed by atoms with Gasteiger partial charge in [-0.25, -0.2) is 0 Å². The highest BCUT2D eigenvalue weighted by Gasteiger charge is 2.31. The van der Waals surface area contributed by atoms with Gasteiger partial charge in [0.25, 0.3) is 0 Å². The largest absolute Gasteiger partial charge is 0.357 e. The van der Waals surface area contributed by atoms with E-state index in [1.165, 1.54) is 38.2 Å². The first-order chi connectivity index (χ1) is 13.7. The van der Waals surface area contributed by atoms with E-state index < -0.39 is 0 Å². The molecule has 2 aromatic heterocycles. The maximum absolute atomic E-state index is 4.36. The van der Waals surface area contributed by atoms with Gasteiger partial charge in [0.1, 0.15) is 0 Å². The van der Waals surface area contributed by atoms with Crippen LogP contribution in [0.15, 0.2) is 65.8 Å². The molecule has 5 rings (SSSR count). The normalized spacial score (nSPS) is 17.1. The number of hydrogen-bond donors (Lipinski definition) is 1. The Balaban J connectivity index is 1.60. The van der Waals surface area contributed by atoms with Crippen molar-refractivity contribution in [2.24, 2.45) is 7.05 Å². The van der Waals surface area contributed by atoms with Crippen LogP contribution in [0.2, 0.25) is 0 Å². The third-order valence-corrected chi connectivity index (χ3v) is 6.45. The number of aromatic amines is 1. The number of H-pyrrole nitrogens is 1. The average molecular weight is 389 g/mol. The third-order valence-electron chi connectivity index (χ3n) is 5.71. The molecule has 0 amide bonds. The Morgan fingerprint density at radius 1 is 1.14 bits per heavy atom. The Hall–Kier alpha value is -2.50. The number of thioether (sulfide) groups is 1. The van der Waals surface area contributed by atoms with Gasteiger partial charge in [0.15, 0.2) is 0 Å². The van der Waals surface area contributed by atoms with Crippen molar-refractivity contribution in [3.05, 3.63) is 83.3 Å². The second-order valence-corrected chi connectivity index (χ2v) is 8.36. The fourth-order valence-corrected chi connectivity index (χ4v) is 4.82. The van der Waals surface area contributed by atoms with Crippen molar-refractivity contribution in [1.82, 2.24) is 19.7 Å². The minimum Gasteiger partial charge on any atom is -0.357 e. The molecule has 0 aliphatic carbocycles. The lowest BCUT2D eigenvalue weighted by molar-refractivity contribution is 0.202. The maximum atomic E-state index is 4.36. The molecule has 4 aromatic rings. The van der Waals surface area contributed by atoms with E-state index >= 15 is 0 Å². The Kier molecular flexibility index (Phi) is 4.49. The zero-order valence-corrected chi connectivity index (χ0v) is 17.0. The van der Waals surface area contributed by atoms with Crippen molar-refractivity contribution in [3.8, 4) is 0 Å². The molecule has 0 bridgehead atoms. The summed E-state index contributed by atoms with van der Waals surface area (Å²) in [4.78, 5) is 7.62. The van der Waals surface area contributed by atoms with Crippen LogP contribution >= 0.6 is 11.8 Å². The first kappa shape index (κ1) is 17.6. The molecule has 0 fully saturated rings. The molecule has 1 atom stereocenters. The average Bonchev–Trinajstić information content (AvgIpc) is 3.31. The Morgan fingerprint density at radius 2 is 1.96 bits per heavy atom. The monoisotopic (exact) mass is 388 g/mol. The van der Waals surface area contributed by atoms with Crippen LogP contribution in [-0.2, 0) is 20.0 Å². The first-order valence-corrected chi connectivity index (χ1v) is 10.9. The highest BCUT2D eigenvalue weighted by molar-refractivity contribution is 7.98. The van der Waals surface area contributed by atoms with Crippen LogP contribution in [-0.4, -0.2) is 32.5 Å². The van der Waals surface area contributed by atoms with E-state index in [1.807, 2.05) is 17.9 Å². The molecule has 5 heteroatoms. The first-order valence-electron chi connectivity index (χ1n) is 9.68. The van der Waals surface area contributed by atoms with E-state index in [2.05, 4.69) is 76.0 Å². The molecule has 0 saturated heterocycles. The van der Waals surface area contributed by atoms with Gasteiger partial charge in [0, 0.05) is 53.4 Å². The topological polar surface area (TPSA) is 36.9 Å². The number of nitrogens with zero attached hydrogens (tertiary/aromatic N) is 3. The van der Waals surface area contributed by atoms with Crippen LogP contribution < -0.4 is 0 Å². The van der Waals surface area contributed by atoms with Crippen LogP contribution in [0, 0.1) is 0 Å². The zero-order chi connectivity index (χ0) is 19.1. The van der Waals surface area contributed by atoms with E-state index in [-0.39, 0.29) is 6.04 Å². The quantitative estimate of drug-likeness (QED) is 0.512. The van der Waals surface area contributed by atoms with Crippen molar-refractivity contribution in [1.29, 1.82) is 0 Å². The predicted octanol–water partition coefficient (Wildman–Crippen LogP) is 4.77. The van der Waals surface area contributed by atoms with Crippen molar-refractivity contribution in [3.63, 3.8) is 0 Å². The maximum Gasteiger partial charge on any atom is 0.0760 e. The number of benzene rings is 2. The summed E-state index contributed by atoms with van der Waals surface area (Å²) in [5.41, 5.74) is 6.65. The van der Waals surface area contributed by atoms with Crippen LogP contribution in [0.3, 0.4) is 0 Å². The Bertz CT molecular complexity index is 1110. The van der Waals surface area contributed by atoms with Gasteiger partial charge in [-0.15, -0.1) is 11.8 Å². The second kappa shape index (κ2) is 7.15. The van der Waals surface area contributed by atoms with E-state index in [1.54, 1.807) is 11.8 Å². The van der Waals surface area contributed by atoms with Crippen molar-refractivity contribution in [2.45, 2.75) is 23.9 Å². The number of aryl methyl sites for hydroxylation is 1. The number of fused-ring (bicyclic) bond motifs is 3. The summed E-state index contributed by atoms with van der Waals surface area (Å²) in [7, 11) is 1.98. The molecule has 3 heterocycles. The lowest BCUT2D eigenvalue weighted by Gasteiger charge is -2.36. The predicted molar refractivity (Wildman–Crippen MR) is 116 cm³/mol. The SMILES string of the molecule is CSc1ccc(C2c3[nH]c4ccccc4c3CCN2Cc2cnn(C)c2)cc1. The van der Waals surface area contributed by atoms with Gasteiger partial charge in [-0.3, -0.25) is 9.58 Å². The number of aromatic nitrogens is 3. The van der Waals surface area contributed by atoms with E-state index in [9.17, 15) is 0 Å². The summed E-state index contributed by atoms with van der Waals surface area (Å²) in [5.74, 6) is 0. The van der Waals surface area contributed by atoms with E-state index in [4.69, 9.17) is 0 Å². The number of para-hydroxylation sites is 1. The lowest BCUT2D eigenvalue weighted by Crippen LogP contribution is -2.35. The molecule has 2 aromatic carbocycles. The van der Waals surface area contributed by atoms with Crippen LogP contribution in [0.5, 0.6) is 0 Å². The van der Waals surface area contributed by atoms with Gasteiger partial charge < -0.3 is 4.98 Å². The minimum atomic E-state index is 0.229. The standard InChI is InChI=1S/C23H24N4S/c1-26-14-16(13-24-26)15-27-12-11-20-19-5-3-4-6-21(19)25-22(20)23(27)17-7-9-18(28-2)10-8-17/h3-10,13-14,23,25H,11-12,15H2,1-2H3. The van der Waals surface area contributed by atoms with Crippen LogP contribution in [0.25, 0.3) is 10.9 Å². The minimum absolute atomic E-state index is 0.229. The number of rotatable bonds is 4. The summed E-state index contributed by atoms with van der Waals surface area (Å²) < 4.78 is 1.88. The molecule has 1 unspecified atom stereocenters. The van der Waals surface area contributed by atoms with Crippen molar-refractivity contribution < 1.29 is 0 Å². The van der Waals surface area contributed by atoms with Crippen molar-refractivity contribution in [2.75, 3.05) is 12.8 Å². The van der Waals surface area contributed by atoms with Gasteiger partial charge in [0.05, 0.1) is 12.2 Å². The summed E-state index contributed by atoms with van der Waals surface area (Å²) >= 11 is 1.79. The molecule has 1 aliphatic heterocycles. The van der Waals surface area contributed by atoms with E-state index in [0.717, 1.165) is 19.5 Å². The number of hydrogen-bond acceptors (Lipinski definition) is 3. The lowest BCUT2D eigenvalue weighted by atomic mass is 9.92. The smallest absolute Gasteiger partial charge is 0.0760 e. The third kappa shape index (κ3) is 3.05. The molecule has 0 radical (unpaired) electrons. The molecule has 1 N–H and O–H groups in total. The van der Waals surface area contributed by atoms with Gasteiger partial charge >= 0.3 is 0 Å². The fraction of sp³-hybridized carbons (Fsp3) is 0.261. The molecule has 0 saturated carbocycles. The van der Waals surface area contributed by atoms with Gasteiger partial charge in [-0.2, -0.15) is 5.10 Å². The van der Waals surface area contributed by atoms with Crippen LogP contribution in [0.1, 0.15) is 28.4 Å². The Labute approximate surface area is 169 Å². The molecular weight excluding hydrogens is 364 g/mol. The molecule has 0 spiro atoms. The summed E-state index contributed by atoms with van der Waals surface area (Å²) in [6.45, 7) is 1.94. The molecule has 4 nitrogen and oxygen atoms in total. The molecule has 142 valence electrons. The van der Waals surface area contributed by atoms with Crippen LogP contribution in [0.4, 0.5) is 0 Å².